The molecule has 37 heavy (non-hydrogen) atoms. The van der Waals surface area contributed by atoms with E-state index >= 15 is 0 Å². The summed E-state index contributed by atoms with van der Waals surface area (Å²) in [6.45, 7) is 5.00. The summed E-state index contributed by atoms with van der Waals surface area (Å²) in [6, 6.07) is 21.4. The summed E-state index contributed by atoms with van der Waals surface area (Å²) in [5.41, 5.74) is 1.16. The van der Waals surface area contributed by atoms with Crippen molar-refractivity contribution >= 4 is 66.0 Å². The molecular formula is C27H29BrIN3O4S. The molecule has 1 atom stereocenters. The zero-order valence-electron chi connectivity index (χ0n) is 20.8. The number of nitrogens with one attached hydrogen (secondary N) is 1. The van der Waals surface area contributed by atoms with E-state index in [1.54, 1.807) is 49.4 Å². The molecule has 1 unspecified atom stereocenters. The van der Waals surface area contributed by atoms with Gasteiger partial charge in [-0.25, -0.2) is 8.42 Å². The van der Waals surface area contributed by atoms with E-state index in [9.17, 15) is 18.0 Å². The number of carbonyl (C=O) groups excluding carboxylic acids is 2. The molecule has 3 aromatic rings. The standard InChI is InChI=1S/C27H29BrIN3O4S/c1-19(2)30-27(34)20(3)31(17-21-8-7-9-22(28)16-21)26(33)18-32(24-14-12-23(29)13-15-24)37(35,36)25-10-5-4-6-11-25/h4-16,19-20H,17-18H2,1-3H3,(H,30,34). The molecule has 0 saturated carbocycles. The fourth-order valence-corrected chi connectivity index (χ4v) is 5.92. The third-order valence-corrected chi connectivity index (χ3v) is 8.57. The Bertz CT molecular complexity index is 1340. The van der Waals surface area contributed by atoms with Crippen LogP contribution in [-0.2, 0) is 26.2 Å². The van der Waals surface area contributed by atoms with Crippen molar-refractivity contribution in [3.63, 3.8) is 0 Å². The van der Waals surface area contributed by atoms with E-state index in [0.29, 0.717) is 5.69 Å². The van der Waals surface area contributed by atoms with Gasteiger partial charge in [-0.2, -0.15) is 0 Å². The number of hydrogen-bond donors (Lipinski definition) is 1. The van der Waals surface area contributed by atoms with E-state index in [-0.39, 0.29) is 23.4 Å². The summed E-state index contributed by atoms with van der Waals surface area (Å²) >= 11 is 5.58. The summed E-state index contributed by atoms with van der Waals surface area (Å²) in [5.74, 6) is -0.811. The predicted octanol–water partition coefficient (Wildman–Crippen LogP) is 5.19. The lowest BCUT2D eigenvalue weighted by Gasteiger charge is -2.32. The molecule has 7 nitrogen and oxygen atoms in total. The Labute approximate surface area is 240 Å². The van der Waals surface area contributed by atoms with Crippen LogP contribution in [0.1, 0.15) is 26.3 Å². The van der Waals surface area contributed by atoms with Crippen LogP contribution in [0.4, 0.5) is 5.69 Å². The molecule has 0 heterocycles. The van der Waals surface area contributed by atoms with E-state index in [1.807, 2.05) is 38.1 Å². The number of rotatable bonds is 10. The van der Waals surface area contributed by atoms with E-state index in [4.69, 9.17) is 0 Å². The second kappa shape index (κ2) is 12.9. The molecule has 0 aliphatic carbocycles. The van der Waals surface area contributed by atoms with Crippen molar-refractivity contribution in [3.8, 4) is 0 Å². The summed E-state index contributed by atoms with van der Waals surface area (Å²) in [6.07, 6.45) is 0. The minimum atomic E-state index is -4.06. The van der Waals surface area contributed by atoms with Crippen molar-refractivity contribution in [2.75, 3.05) is 10.8 Å². The minimum Gasteiger partial charge on any atom is -0.352 e. The Morgan fingerprint density at radius 3 is 2.19 bits per heavy atom. The lowest BCUT2D eigenvalue weighted by Crippen LogP contribution is -2.52. The van der Waals surface area contributed by atoms with Gasteiger partial charge in [0, 0.05) is 20.6 Å². The van der Waals surface area contributed by atoms with Gasteiger partial charge in [-0.05, 0) is 97.5 Å². The second-order valence-corrected chi connectivity index (χ2v) is 12.8. The molecule has 3 aromatic carbocycles. The highest BCUT2D eigenvalue weighted by Gasteiger charge is 2.32. The maximum Gasteiger partial charge on any atom is 0.264 e. The highest BCUT2D eigenvalue weighted by molar-refractivity contribution is 14.1. The molecule has 0 fully saturated rings. The smallest absolute Gasteiger partial charge is 0.264 e. The Morgan fingerprint density at radius 1 is 0.946 bits per heavy atom. The normalized spacial score (nSPS) is 12.2. The highest BCUT2D eigenvalue weighted by Crippen LogP contribution is 2.25. The second-order valence-electron chi connectivity index (χ2n) is 8.79. The van der Waals surface area contributed by atoms with Crippen LogP contribution in [0.15, 0.2) is 88.2 Å². The third kappa shape index (κ3) is 7.78. The monoisotopic (exact) mass is 697 g/mol. The molecule has 0 aliphatic rings. The van der Waals surface area contributed by atoms with Crippen LogP contribution in [0.3, 0.4) is 0 Å². The van der Waals surface area contributed by atoms with E-state index in [2.05, 4.69) is 43.8 Å². The lowest BCUT2D eigenvalue weighted by molar-refractivity contribution is -0.139. The minimum absolute atomic E-state index is 0.0745. The first-order chi connectivity index (χ1) is 17.5. The van der Waals surface area contributed by atoms with Crippen molar-refractivity contribution in [1.82, 2.24) is 10.2 Å². The Hall–Kier alpha value is -2.44. The van der Waals surface area contributed by atoms with Crippen LogP contribution in [0.5, 0.6) is 0 Å². The van der Waals surface area contributed by atoms with Gasteiger partial charge in [0.2, 0.25) is 11.8 Å². The van der Waals surface area contributed by atoms with E-state index in [1.165, 1.54) is 17.0 Å². The first-order valence-corrected chi connectivity index (χ1v) is 15.0. The lowest BCUT2D eigenvalue weighted by atomic mass is 10.1. The number of carbonyl (C=O) groups is 2. The molecule has 3 rings (SSSR count). The van der Waals surface area contributed by atoms with Crippen molar-refractivity contribution < 1.29 is 18.0 Å². The van der Waals surface area contributed by atoms with Crippen molar-refractivity contribution in [1.29, 1.82) is 0 Å². The van der Waals surface area contributed by atoms with Gasteiger partial charge in [-0.3, -0.25) is 13.9 Å². The largest absolute Gasteiger partial charge is 0.352 e. The van der Waals surface area contributed by atoms with Gasteiger partial charge < -0.3 is 10.2 Å². The molecule has 0 radical (unpaired) electrons. The molecule has 0 bridgehead atoms. The topological polar surface area (TPSA) is 86.8 Å². The first kappa shape index (κ1) is 29.1. The molecular weight excluding hydrogens is 669 g/mol. The fraction of sp³-hybridized carbons (Fsp3) is 0.259. The summed E-state index contributed by atoms with van der Waals surface area (Å²) in [4.78, 5) is 28.2. The van der Waals surface area contributed by atoms with Gasteiger partial charge in [0.25, 0.3) is 10.0 Å². The Balaban J connectivity index is 2.01. The van der Waals surface area contributed by atoms with Crippen LogP contribution in [0.25, 0.3) is 0 Å². The van der Waals surface area contributed by atoms with Crippen molar-refractivity contribution in [2.45, 2.75) is 44.3 Å². The van der Waals surface area contributed by atoms with Gasteiger partial charge >= 0.3 is 0 Å². The third-order valence-electron chi connectivity index (χ3n) is 5.56. The Morgan fingerprint density at radius 2 is 1.59 bits per heavy atom. The summed E-state index contributed by atoms with van der Waals surface area (Å²) < 4.78 is 30.3. The number of anilines is 1. The fourth-order valence-electron chi connectivity index (χ4n) is 3.68. The highest BCUT2D eigenvalue weighted by atomic mass is 127. The molecule has 2 amide bonds. The van der Waals surface area contributed by atoms with Gasteiger partial charge in [0.15, 0.2) is 0 Å². The summed E-state index contributed by atoms with van der Waals surface area (Å²) in [5, 5.41) is 2.85. The number of hydrogen-bond acceptors (Lipinski definition) is 4. The quantitative estimate of drug-likeness (QED) is 0.296. The number of nitrogens with zero attached hydrogens (tertiary/aromatic N) is 2. The molecule has 10 heteroatoms. The van der Waals surface area contributed by atoms with Crippen molar-refractivity contribution in [3.05, 3.63) is 92.5 Å². The molecule has 0 saturated heterocycles. The number of sulfonamides is 1. The van der Waals surface area contributed by atoms with Crippen LogP contribution in [0.2, 0.25) is 0 Å². The average Bonchev–Trinajstić information content (AvgIpc) is 2.86. The van der Waals surface area contributed by atoms with Crippen LogP contribution < -0.4 is 9.62 Å². The van der Waals surface area contributed by atoms with Gasteiger partial charge in [0.05, 0.1) is 10.6 Å². The van der Waals surface area contributed by atoms with Gasteiger partial charge in [-0.1, -0.05) is 46.3 Å². The van der Waals surface area contributed by atoms with E-state index in [0.717, 1.165) is 17.9 Å². The maximum atomic E-state index is 13.8. The molecule has 0 aliphatic heterocycles. The zero-order chi connectivity index (χ0) is 27.2. The van der Waals surface area contributed by atoms with Crippen LogP contribution in [-0.4, -0.2) is 43.8 Å². The van der Waals surface area contributed by atoms with Gasteiger partial charge in [-0.15, -0.1) is 0 Å². The molecule has 1 N–H and O–H groups in total. The first-order valence-electron chi connectivity index (χ1n) is 11.7. The molecule has 196 valence electrons. The number of halogens is 2. The maximum absolute atomic E-state index is 13.8. The summed E-state index contributed by atoms with van der Waals surface area (Å²) in [7, 11) is -4.06. The molecule has 0 spiro atoms. The zero-order valence-corrected chi connectivity index (χ0v) is 25.3. The van der Waals surface area contributed by atoms with Crippen molar-refractivity contribution in [2.24, 2.45) is 0 Å². The number of benzene rings is 3. The van der Waals surface area contributed by atoms with E-state index < -0.39 is 28.5 Å². The predicted molar refractivity (Wildman–Crippen MR) is 158 cm³/mol. The van der Waals surface area contributed by atoms with Crippen LogP contribution >= 0.6 is 38.5 Å². The average molecular weight is 698 g/mol. The van der Waals surface area contributed by atoms with Gasteiger partial charge in [0.1, 0.15) is 12.6 Å². The number of amides is 2. The Kier molecular flexibility index (Phi) is 10.1. The molecule has 0 aromatic heterocycles. The van der Waals surface area contributed by atoms with Crippen LogP contribution in [0, 0.1) is 3.57 Å². The SMILES string of the molecule is CC(C)NC(=O)C(C)N(Cc1cccc(Br)c1)C(=O)CN(c1ccc(I)cc1)S(=O)(=O)c1ccccc1.